The number of carbonyl (C=O) groups is 1. The number of aromatic nitrogens is 2. The molecule has 1 aliphatic carbocycles. The van der Waals surface area contributed by atoms with Crippen molar-refractivity contribution in [3.05, 3.63) is 63.1 Å². The predicted molar refractivity (Wildman–Crippen MR) is 117 cm³/mol. The number of nitrogens with zero attached hydrogens (tertiary/aromatic N) is 1. The van der Waals surface area contributed by atoms with Crippen molar-refractivity contribution in [1.29, 1.82) is 0 Å². The van der Waals surface area contributed by atoms with Gasteiger partial charge >= 0.3 is 0 Å². The van der Waals surface area contributed by atoms with E-state index in [9.17, 15) is 9.59 Å². The Balaban J connectivity index is 1.85. The number of ketones is 1. The molecule has 1 atom stereocenters. The average Bonchev–Trinajstić information content (AvgIpc) is 2.66. The lowest BCUT2D eigenvalue weighted by Crippen LogP contribution is -2.37. The van der Waals surface area contributed by atoms with Gasteiger partial charge in [-0.25, -0.2) is 4.98 Å². The maximum Gasteiger partial charge on any atom is 0.257 e. The van der Waals surface area contributed by atoms with E-state index in [4.69, 9.17) is 4.98 Å². The van der Waals surface area contributed by atoms with Gasteiger partial charge in [-0.15, -0.1) is 0 Å². The molecule has 152 valence electrons. The minimum atomic E-state index is -0.378. The third-order valence-corrected chi connectivity index (χ3v) is 6.53. The van der Waals surface area contributed by atoms with Crippen molar-refractivity contribution in [2.24, 2.45) is 5.41 Å². The molecule has 1 aromatic carbocycles. The van der Waals surface area contributed by atoms with Crippen LogP contribution in [-0.2, 0) is 4.79 Å². The second-order valence-corrected chi connectivity index (χ2v) is 9.72. The van der Waals surface area contributed by atoms with Crippen LogP contribution in [0.3, 0.4) is 0 Å². The summed E-state index contributed by atoms with van der Waals surface area (Å²) < 4.78 is 0. The monoisotopic (exact) mass is 409 g/mol. The van der Waals surface area contributed by atoms with Gasteiger partial charge in [0.25, 0.3) is 5.56 Å². The number of H-pyrrole nitrogens is 1. The molecule has 5 nitrogen and oxygen atoms in total. The molecule has 2 aliphatic rings. The van der Waals surface area contributed by atoms with Gasteiger partial charge in [0.15, 0.2) is 10.9 Å². The Labute approximate surface area is 175 Å². The fourth-order valence-electron chi connectivity index (χ4n) is 4.25. The average molecular weight is 410 g/mol. The van der Waals surface area contributed by atoms with Crippen LogP contribution in [0, 0.1) is 5.41 Å². The molecule has 0 bridgehead atoms. The van der Waals surface area contributed by atoms with Gasteiger partial charge < -0.3 is 10.3 Å². The first kappa shape index (κ1) is 20.0. The maximum atomic E-state index is 13.2. The molecule has 0 saturated heterocycles. The van der Waals surface area contributed by atoms with Crippen molar-refractivity contribution in [1.82, 2.24) is 9.97 Å². The van der Waals surface area contributed by atoms with Gasteiger partial charge in [-0.3, -0.25) is 9.59 Å². The van der Waals surface area contributed by atoms with E-state index >= 15 is 0 Å². The van der Waals surface area contributed by atoms with Gasteiger partial charge in [-0.05, 0) is 23.8 Å². The smallest absolute Gasteiger partial charge is 0.257 e. The highest BCUT2D eigenvalue weighted by molar-refractivity contribution is 7.99. The Hall–Kier alpha value is -2.34. The van der Waals surface area contributed by atoms with Crippen molar-refractivity contribution < 1.29 is 4.79 Å². The van der Waals surface area contributed by atoms with Crippen molar-refractivity contribution in [2.75, 3.05) is 11.1 Å². The summed E-state index contributed by atoms with van der Waals surface area (Å²) in [5, 5.41) is 4.00. The number of nitrogens with one attached hydrogen (secondary N) is 2. The maximum absolute atomic E-state index is 13.2. The minimum absolute atomic E-state index is 0.110. The summed E-state index contributed by atoms with van der Waals surface area (Å²) in [7, 11) is 0. The van der Waals surface area contributed by atoms with Crippen LogP contribution in [0.5, 0.6) is 0 Å². The summed E-state index contributed by atoms with van der Waals surface area (Å²) in [5.74, 6) is 1.24. The third-order valence-electron chi connectivity index (χ3n) is 5.57. The van der Waals surface area contributed by atoms with Crippen LogP contribution in [0.15, 0.2) is 51.6 Å². The number of thioether (sulfide) groups is 1. The molecule has 4 rings (SSSR count). The molecule has 29 heavy (non-hydrogen) atoms. The molecule has 6 heteroatoms. The van der Waals surface area contributed by atoms with Crippen LogP contribution in [-0.4, -0.2) is 21.5 Å². The van der Waals surface area contributed by atoms with Crippen molar-refractivity contribution in [3.8, 4) is 0 Å². The van der Waals surface area contributed by atoms with Crippen LogP contribution in [0.1, 0.15) is 63.5 Å². The number of unbranched alkanes of at least 4 members (excludes halogenated alkanes) is 1. The lowest BCUT2D eigenvalue weighted by molar-refractivity contribution is -0.118. The molecule has 0 saturated carbocycles. The molecule has 2 N–H and O–H groups in total. The predicted octanol–water partition coefficient (Wildman–Crippen LogP) is 4.86. The third kappa shape index (κ3) is 3.90. The van der Waals surface area contributed by atoms with Crippen molar-refractivity contribution >= 4 is 23.4 Å². The van der Waals surface area contributed by atoms with Gasteiger partial charge in [0.1, 0.15) is 5.82 Å². The van der Waals surface area contributed by atoms with Gasteiger partial charge in [0.2, 0.25) is 0 Å². The summed E-state index contributed by atoms with van der Waals surface area (Å²) in [5.41, 5.74) is 2.86. The van der Waals surface area contributed by atoms with E-state index in [1.165, 1.54) is 0 Å². The topological polar surface area (TPSA) is 74.8 Å². The minimum Gasteiger partial charge on any atom is -0.343 e. The summed E-state index contributed by atoms with van der Waals surface area (Å²) >= 11 is 1.57. The molecule has 1 aliphatic heterocycles. The highest BCUT2D eigenvalue weighted by atomic mass is 32.2. The van der Waals surface area contributed by atoms with Gasteiger partial charge in [0, 0.05) is 29.4 Å². The van der Waals surface area contributed by atoms with Gasteiger partial charge in [-0.1, -0.05) is 69.3 Å². The number of Topliss-reactive ketones (excluding diaryl/α,β-unsaturated/α-hetero) is 1. The van der Waals surface area contributed by atoms with E-state index in [1.807, 2.05) is 30.3 Å². The number of fused-ring (bicyclic) bond motifs is 1. The number of aromatic amines is 1. The van der Waals surface area contributed by atoms with Crippen LogP contribution in [0.4, 0.5) is 5.82 Å². The number of anilines is 1. The van der Waals surface area contributed by atoms with Crippen molar-refractivity contribution in [2.45, 2.75) is 57.5 Å². The lowest BCUT2D eigenvalue weighted by atomic mass is 9.69. The van der Waals surface area contributed by atoms with E-state index in [0.29, 0.717) is 23.0 Å². The van der Waals surface area contributed by atoms with Crippen LogP contribution < -0.4 is 10.9 Å². The zero-order valence-corrected chi connectivity index (χ0v) is 18.0. The summed E-state index contributed by atoms with van der Waals surface area (Å²) in [6, 6.07) is 9.82. The number of rotatable bonds is 5. The van der Waals surface area contributed by atoms with Crippen molar-refractivity contribution in [3.63, 3.8) is 0 Å². The Bertz CT molecular complexity index is 1020. The highest BCUT2D eigenvalue weighted by Crippen LogP contribution is 2.47. The quantitative estimate of drug-likeness (QED) is 0.419. The van der Waals surface area contributed by atoms with E-state index in [0.717, 1.165) is 41.8 Å². The lowest BCUT2D eigenvalue weighted by Gasteiger charge is -2.38. The van der Waals surface area contributed by atoms with Crippen LogP contribution in [0.25, 0.3) is 0 Å². The number of carbonyl (C=O) groups excluding carboxylic acids is 1. The standard InChI is InChI=1S/C23H27N3O2S/c1-4-5-11-29-22-25-20-19(21(28)26-22)17(14-9-7-6-8-10-14)18-15(24-20)12-23(2,3)13-16(18)27/h6-10,17H,4-5,11-13H2,1-3H3,(H2,24,25,26,28)/t17-/m0/s1. The molecule has 0 unspecified atom stereocenters. The summed E-state index contributed by atoms with van der Waals surface area (Å²) in [6.45, 7) is 6.37. The van der Waals surface area contributed by atoms with E-state index in [1.54, 1.807) is 11.8 Å². The Morgan fingerprint density at radius 2 is 1.93 bits per heavy atom. The molecule has 0 amide bonds. The number of benzene rings is 1. The van der Waals surface area contributed by atoms with E-state index in [-0.39, 0.29) is 22.7 Å². The SMILES string of the molecule is CCCCSc1nc2c(c(=O)[nH]1)[C@@H](c1ccccc1)C1=C(CC(C)(C)CC1=O)N2. The second-order valence-electron chi connectivity index (χ2n) is 8.64. The number of allylic oxidation sites excluding steroid dienone is 2. The fraction of sp³-hybridized carbons (Fsp3) is 0.435. The summed E-state index contributed by atoms with van der Waals surface area (Å²) in [4.78, 5) is 34.0. The van der Waals surface area contributed by atoms with Gasteiger partial charge in [0.05, 0.1) is 5.56 Å². The highest BCUT2D eigenvalue weighted by Gasteiger charge is 2.42. The zero-order chi connectivity index (χ0) is 20.6. The molecule has 2 aromatic rings. The van der Waals surface area contributed by atoms with Crippen LogP contribution in [0.2, 0.25) is 0 Å². The van der Waals surface area contributed by atoms with Crippen LogP contribution >= 0.6 is 11.8 Å². The molecule has 0 spiro atoms. The Morgan fingerprint density at radius 1 is 1.17 bits per heavy atom. The summed E-state index contributed by atoms with van der Waals surface area (Å²) in [6.07, 6.45) is 3.43. The second kappa shape index (κ2) is 7.82. The number of hydrogen-bond acceptors (Lipinski definition) is 5. The Morgan fingerprint density at radius 3 is 2.66 bits per heavy atom. The normalized spacial score (nSPS) is 20.1. The van der Waals surface area contributed by atoms with Gasteiger partial charge in [-0.2, -0.15) is 0 Å². The van der Waals surface area contributed by atoms with E-state index in [2.05, 4.69) is 31.1 Å². The largest absolute Gasteiger partial charge is 0.343 e. The molecular weight excluding hydrogens is 382 g/mol. The molecule has 0 fully saturated rings. The zero-order valence-electron chi connectivity index (χ0n) is 17.2. The first-order valence-electron chi connectivity index (χ1n) is 10.2. The van der Waals surface area contributed by atoms with E-state index < -0.39 is 0 Å². The first-order chi connectivity index (χ1) is 13.9. The molecule has 0 radical (unpaired) electrons. The molecular formula is C23H27N3O2S. The molecule has 2 heterocycles. The molecule has 1 aromatic heterocycles. The fourth-order valence-corrected chi connectivity index (χ4v) is 5.20. The number of hydrogen-bond donors (Lipinski definition) is 2. The Kier molecular flexibility index (Phi) is 5.38. The first-order valence-corrected chi connectivity index (χ1v) is 11.2.